The van der Waals surface area contributed by atoms with E-state index in [1.165, 1.54) is 19.2 Å². The van der Waals surface area contributed by atoms with E-state index < -0.39 is 17.3 Å². The van der Waals surface area contributed by atoms with Crippen LogP contribution in [0.1, 0.15) is 35.2 Å². The first-order valence-electron chi connectivity index (χ1n) is 9.38. The average Bonchev–Trinajstić information content (AvgIpc) is 2.94. The predicted molar refractivity (Wildman–Crippen MR) is 122 cm³/mol. The molecule has 0 atom stereocenters. The number of carbonyl (C=O) groups is 1. The zero-order valence-corrected chi connectivity index (χ0v) is 18.0. The summed E-state index contributed by atoms with van der Waals surface area (Å²) in [5.41, 5.74) is 1.45. The molecule has 1 aromatic heterocycles. The molecule has 152 valence electrons. The first-order chi connectivity index (χ1) is 14.3. The van der Waals surface area contributed by atoms with Crippen molar-refractivity contribution in [2.75, 3.05) is 16.8 Å². The highest BCUT2D eigenvalue weighted by Gasteiger charge is 2.57. The highest BCUT2D eigenvalue weighted by molar-refractivity contribution is 7.83. The number of rotatable bonds is 3. The largest absolute Gasteiger partial charge is 0.360 e. The third kappa shape index (κ3) is 2.87. The summed E-state index contributed by atoms with van der Waals surface area (Å²) in [5.74, 6) is -0.774. The van der Waals surface area contributed by atoms with Gasteiger partial charge in [-0.15, -0.1) is 4.98 Å². The van der Waals surface area contributed by atoms with Crippen LogP contribution in [-0.2, 0) is 0 Å². The van der Waals surface area contributed by atoms with E-state index >= 15 is 0 Å². The molecule has 1 aliphatic heterocycles. The van der Waals surface area contributed by atoms with Crippen molar-refractivity contribution < 1.29 is 9.18 Å². The third-order valence-corrected chi connectivity index (χ3v) is 6.60. The van der Waals surface area contributed by atoms with Gasteiger partial charge in [0.25, 0.3) is 11.7 Å². The summed E-state index contributed by atoms with van der Waals surface area (Å²) in [6.45, 7) is 9.01. The molecule has 1 N–H and O–H groups in total. The van der Waals surface area contributed by atoms with Crippen LogP contribution in [0, 0.1) is 19.3 Å². The molecular formula is C21H18FN5OS2. The summed E-state index contributed by atoms with van der Waals surface area (Å²) in [4.78, 5) is 23.8. The summed E-state index contributed by atoms with van der Waals surface area (Å²) < 4.78 is 14.7. The molecule has 1 aromatic carbocycles. The quantitative estimate of drug-likeness (QED) is 0.569. The van der Waals surface area contributed by atoms with Crippen LogP contribution in [0.4, 0.5) is 21.6 Å². The van der Waals surface area contributed by atoms with Crippen LogP contribution < -0.4 is 15.1 Å². The second-order valence-electron chi connectivity index (χ2n) is 7.33. The van der Waals surface area contributed by atoms with Gasteiger partial charge in [0, 0.05) is 12.7 Å². The molecule has 1 aliphatic carbocycles. The number of benzene rings is 1. The number of nitrogens with one attached hydrogen (secondary N) is 1. The Kier molecular flexibility index (Phi) is 5.00. The van der Waals surface area contributed by atoms with E-state index in [2.05, 4.69) is 15.1 Å². The number of thiocarbonyl (C=S) groups is 2. The van der Waals surface area contributed by atoms with Crippen molar-refractivity contribution in [1.29, 1.82) is 0 Å². The average molecular weight is 440 g/mol. The number of hydrogen-bond donors (Lipinski definition) is 1. The molecule has 6 nitrogen and oxygen atoms in total. The monoisotopic (exact) mass is 439 g/mol. The van der Waals surface area contributed by atoms with E-state index in [0.717, 1.165) is 24.8 Å². The van der Waals surface area contributed by atoms with Gasteiger partial charge in [-0.05, 0) is 68.2 Å². The number of aromatic nitrogens is 1. The first kappa shape index (κ1) is 20.3. The maximum Gasteiger partial charge on any atom is 0.272 e. The number of hydrogen-bond acceptors (Lipinski definition) is 4. The van der Waals surface area contributed by atoms with E-state index in [9.17, 15) is 9.18 Å². The third-order valence-electron chi connectivity index (χ3n) is 5.68. The topological polar surface area (TPSA) is 52.8 Å². The fourth-order valence-corrected chi connectivity index (χ4v) is 4.98. The van der Waals surface area contributed by atoms with Crippen LogP contribution in [0.2, 0.25) is 0 Å². The lowest BCUT2D eigenvalue weighted by Crippen LogP contribution is -2.54. The number of pyridine rings is 1. The summed E-state index contributed by atoms with van der Waals surface area (Å²) in [6.07, 6.45) is 4.17. The molecule has 4 rings (SSSR count). The van der Waals surface area contributed by atoms with Gasteiger partial charge in [-0.2, -0.15) is 0 Å². The molecule has 0 unspecified atom stereocenters. The minimum atomic E-state index is -0.618. The molecular weight excluding hydrogens is 421 g/mol. The number of aryl methyl sites for hydroxylation is 1. The normalized spacial score (nSPS) is 17.1. The van der Waals surface area contributed by atoms with Gasteiger partial charge in [0.1, 0.15) is 17.0 Å². The van der Waals surface area contributed by atoms with Crippen LogP contribution >= 0.6 is 24.4 Å². The van der Waals surface area contributed by atoms with Crippen LogP contribution in [0.25, 0.3) is 4.85 Å². The van der Waals surface area contributed by atoms with Crippen molar-refractivity contribution in [3.05, 3.63) is 58.8 Å². The fourth-order valence-electron chi connectivity index (χ4n) is 3.96. The lowest BCUT2D eigenvalue weighted by Gasteiger charge is -2.44. The molecule has 1 saturated carbocycles. The number of halogens is 1. The molecule has 2 fully saturated rings. The summed E-state index contributed by atoms with van der Waals surface area (Å²) in [7, 11) is 1.46. The predicted octanol–water partition coefficient (Wildman–Crippen LogP) is 4.30. The van der Waals surface area contributed by atoms with Gasteiger partial charge in [0.15, 0.2) is 5.11 Å². The summed E-state index contributed by atoms with van der Waals surface area (Å²) in [5, 5.41) is 2.87. The lowest BCUT2D eigenvalue weighted by atomic mass is 9.75. The summed E-state index contributed by atoms with van der Waals surface area (Å²) in [6, 6.07) is 6.32. The Morgan fingerprint density at radius 3 is 2.57 bits per heavy atom. The number of amides is 1. The van der Waals surface area contributed by atoms with Crippen LogP contribution in [-0.4, -0.2) is 33.6 Å². The Bertz CT molecular complexity index is 1140. The molecule has 1 amide bonds. The molecule has 30 heavy (non-hydrogen) atoms. The molecule has 9 heteroatoms. The van der Waals surface area contributed by atoms with Crippen LogP contribution in [0.5, 0.6) is 0 Å². The van der Waals surface area contributed by atoms with Gasteiger partial charge >= 0.3 is 0 Å². The van der Waals surface area contributed by atoms with Crippen molar-refractivity contribution in [2.45, 2.75) is 31.7 Å². The zero-order chi connectivity index (χ0) is 21.6. The maximum atomic E-state index is 14.7. The lowest BCUT2D eigenvalue weighted by molar-refractivity contribution is 0.0959. The Morgan fingerprint density at radius 2 is 2.03 bits per heavy atom. The molecule has 2 aromatic rings. The molecule has 0 bridgehead atoms. The fraction of sp³-hybridized carbons (Fsp3) is 0.286. The second-order valence-corrected chi connectivity index (χ2v) is 8.08. The van der Waals surface area contributed by atoms with Crippen molar-refractivity contribution >= 4 is 57.6 Å². The van der Waals surface area contributed by atoms with Gasteiger partial charge in [-0.3, -0.25) is 9.69 Å². The minimum absolute atomic E-state index is 0.0250. The number of nitrogens with zero attached hydrogens (tertiary/aromatic N) is 4. The van der Waals surface area contributed by atoms with Crippen molar-refractivity contribution in [2.24, 2.45) is 0 Å². The van der Waals surface area contributed by atoms with Crippen molar-refractivity contribution in [3.63, 3.8) is 0 Å². The van der Waals surface area contributed by atoms with Gasteiger partial charge < -0.3 is 15.1 Å². The van der Waals surface area contributed by atoms with Gasteiger partial charge in [-0.25, -0.2) is 4.39 Å². The van der Waals surface area contributed by atoms with E-state index in [1.54, 1.807) is 17.2 Å². The Labute approximate surface area is 184 Å². The SMILES string of the molecule is [C-]#[N+]c1ncc(N2C(=S)N(c3ccc(C(=O)NC)c(F)c3)C3(CCC3)C2=S)cc1C. The molecule has 2 aliphatic rings. The Hall–Kier alpha value is -2.96. The molecule has 2 heterocycles. The van der Waals surface area contributed by atoms with Crippen molar-refractivity contribution in [3.8, 4) is 0 Å². The molecule has 1 saturated heterocycles. The molecule has 0 radical (unpaired) electrons. The standard InChI is InChI=1S/C21H18FN5OS2/c1-12-9-14(11-25-17(12)23-2)26-19(29)21(7-4-8-21)27(20(26)30)13-5-6-15(16(22)10-13)18(28)24-3/h5-6,9-11H,4,7-8H2,1,3H3,(H,24,28). The number of carbonyl (C=O) groups excluding carboxylic acids is 1. The van der Waals surface area contributed by atoms with Gasteiger partial charge in [-0.1, -0.05) is 18.8 Å². The number of anilines is 2. The van der Waals surface area contributed by atoms with Crippen LogP contribution in [0.15, 0.2) is 30.5 Å². The zero-order valence-electron chi connectivity index (χ0n) is 16.4. The van der Waals surface area contributed by atoms with Crippen LogP contribution in [0.3, 0.4) is 0 Å². The summed E-state index contributed by atoms with van der Waals surface area (Å²) >= 11 is 11.6. The van der Waals surface area contributed by atoms with E-state index in [1.807, 2.05) is 17.9 Å². The van der Waals surface area contributed by atoms with E-state index in [-0.39, 0.29) is 5.56 Å². The van der Waals surface area contributed by atoms with E-state index in [4.69, 9.17) is 31.0 Å². The van der Waals surface area contributed by atoms with Gasteiger partial charge in [0.2, 0.25) is 0 Å². The highest BCUT2D eigenvalue weighted by atomic mass is 32.1. The van der Waals surface area contributed by atoms with Crippen molar-refractivity contribution in [1.82, 2.24) is 10.3 Å². The van der Waals surface area contributed by atoms with E-state index in [0.29, 0.717) is 27.3 Å². The molecule has 1 spiro atoms. The maximum absolute atomic E-state index is 14.7. The smallest absolute Gasteiger partial charge is 0.272 e. The van der Waals surface area contributed by atoms with Gasteiger partial charge in [0.05, 0.1) is 16.8 Å². The Morgan fingerprint density at radius 1 is 1.30 bits per heavy atom. The first-order valence-corrected chi connectivity index (χ1v) is 10.2. The Balaban J connectivity index is 1.78. The minimum Gasteiger partial charge on any atom is -0.360 e. The second kappa shape index (κ2) is 7.38. The highest BCUT2D eigenvalue weighted by Crippen LogP contribution is 2.48.